The Bertz CT molecular complexity index is 988. The lowest BCUT2D eigenvalue weighted by atomic mass is 10.2. The van der Waals surface area contributed by atoms with Gasteiger partial charge in [-0.2, -0.15) is 0 Å². The van der Waals surface area contributed by atoms with Crippen molar-refractivity contribution in [2.24, 2.45) is 0 Å². The van der Waals surface area contributed by atoms with E-state index in [0.717, 1.165) is 20.5 Å². The SMILES string of the molecule is CC(C)(C)[Si](C)(C)Oc1cc(-n2cnc3ccc(Br)cc32)sc1C(=O)O. The van der Waals surface area contributed by atoms with Gasteiger partial charge in [-0.15, -0.1) is 11.3 Å². The molecule has 0 aliphatic carbocycles. The number of hydrogen-bond donors (Lipinski definition) is 1. The number of aromatic nitrogens is 2. The third-order valence-corrected chi connectivity index (χ3v) is 10.7. The average molecular weight is 453 g/mol. The van der Waals surface area contributed by atoms with Crippen molar-refractivity contribution in [3.8, 4) is 10.8 Å². The molecular formula is C18H21BrN2O3SSi. The standard InChI is InChI=1S/C18H21BrN2O3SSi/c1-18(2,3)26(4,5)24-14-9-15(25-16(14)17(22)23)21-10-20-12-7-6-11(19)8-13(12)21/h6-10H,1-5H3,(H,22,23). The van der Waals surface area contributed by atoms with Gasteiger partial charge in [-0.25, -0.2) is 9.78 Å². The summed E-state index contributed by atoms with van der Waals surface area (Å²) >= 11 is 4.68. The van der Waals surface area contributed by atoms with E-state index in [2.05, 4.69) is 54.8 Å². The summed E-state index contributed by atoms with van der Waals surface area (Å²) < 4.78 is 9.14. The molecule has 0 unspecified atom stereocenters. The Morgan fingerprint density at radius 3 is 2.62 bits per heavy atom. The lowest BCUT2D eigenvalue weighted by Crippen LogP contribution is -2.44. The zero-order valence-corrected chi connectivity index (χ0v) is 18.7. The first-order chi connectivity index (χ1) is 12.0. The molecule has 0 aliphatic rings. The number of fused-ring (bicyclic) bond motifs is 1. The van der Waals surface area contributed by atoms with Gasteiger partial charge in [0.15, 0.2) is 4.88 Å². The third-order valence-electron chi connectivity index (χ3n) is 4.80. The number of halogens is 1. The van der Waals surface area contributed by atoms with Crippen LogP contribution in [0, 0.1) is 0 Å². The van der Waals surface area contributed by atoms with Crippen LogP contribution in [0.1, 0.15) is 30.4 Å². The first-order valence-corrected chi connectivity index (χ1v) is 12.7. The van der Waals surface area contributed by atoms with Gasteiger partial charge < -0.3 is 9.53 Å². The largest absolute Gasteiger partial charge is 0.542 e. The Morgan fingerprint density at radius 1 is 1.31 bits per heavy atom. The number of benzene rings is 1. The van der Waals surface area contributed by atoms with Gasteiger partial charge in [-0.05, 0) is 36.3 Å². The minimum Gasteiger partial charge on any atom is -0.542 e. The zero-order valence-electron chi connectivity index (χ0n) is 15.3. The molecule has 0 amide bonds. The maximum Gasteiger partial charge on any atom is 0.349 e. The molecular weight excluding hydrogens is 432 g/mol. The molecule has 26 heavy (non-hydrogen) atoms. The summed E-state index contributed by atoms with van der Waals surface area (Å²) in [7, 11) is -2.15. The molecule has 0 radical (unpaired) electrons. The number of carboxylic acids is 1. The van der Waals surface area contributed by atoms with Crippen molar-refractivity contribution in [1.29, 1.82) is 0 Å². The van der Waals surface area contributed by atoms with Gasteiger partial charge in [-0.1, -0.05) is 36.7 Å². The molecule has 138 valence electrons. The van der Waals surface area contributed by atoms with E-state index in [0.29, 0.717) is 5.75 Å². The van der Waals surface area contributed by atoms with E-state index < -0.39 is 14.3 Å². The summed E-state index contributed by atoms with van der Waals surface area (Å²) in [5, 5.41) is 10.4. The molecule has 0 spiro atoms. The average Bonchev–Trinajstić information content (AvgIpc) is 3.09. The molecule has 8 heteroatoms. The van der Waals surface area contributed by atoms with Crippen LogP contribution in [0.15, 0.2) is 35.1 Å². The number of thiophene rings is 1. The maximum atomic E-state index is 11.8. The molecule has 5 nitrogen and oxygen atoms in total. The molecule has 0 aliphatic heterocycles. The quantitative estimate of drug-likeness (QED) is 0.497. The normalized spacial score (nSPS) is 12.5. The fourth-order valence-electron chi connectivity index (χ4n) is 2.29. The van der Waals surface area contributed by atoms with Gasteiger partial charge in [0.25, 0.3) is 8.32 Å². The van der Waals surface area contributed by atoms with Gasteiger partial charge >= 0.3 is 5.97 Å². The Kier molecular flexibility index (Phi) is 4.79. The number of carboxylic acid groups (broad SMARTS) is 1. The van der Waals surface area contributed by atoms with Crippen LogP contribution in [0.3, 0.4) is 0 Å². The molecule has 3 aromatic rings. The minimum absolute atomic E-state index is 0.0164. The van der Waals surface area contributed by atoms with Crippen molar-refractivity contribution in [2.45, 2.75) is 38.9 Å². The van der Waals surface area contributed by atoms with Crippen LogP contribution in [-0.2, 0) is 0 Å². The number of imidazole rings is 1. The van der Waals surface area contributed by atoms with Crippen molar-refractivity contribution in [2.75, 3.05) is 0 Å². The van der Waals surface area contributed by atoms with Crippen molar-refractivity contribution >= 4 is 52.6 Å². The van der Waals surface area contributed by atoms with E-state index in [1.165, 1.54) is 11.3 Å². The minimum atomic E-state index is -2.15. The highest BCUT2D eigenvalue weighted by Crippen LogP contribution is 2.41. The fraction of sp³-hybridized carbons (Fsp3) is 0.333. The van der Waals surface area contributed by atoms with E-state index in [9.17, 15) is 9.90 Å². The van der Waals surface area contributed by atoms with Crippen LogP contribution in [0.25, 0.3) is 16.0 Å². The van der Waals surface area contributed by atoms with Crippen LogP contribution in [0.4, 0.5) is 0 Å². The van der Waals surface area contributed by atoms with Crippen LogP contribution >= 0.6 is 27.3 Å². The summed E-state index contributed by atoms with van der Waals surface area (Å²) in [6.07, 6.45) is 1.71. The second-order valence-electron chi connectivity index (χ2n) is 7.69. The molecule has 0 atom stereocenters. The Labute approximate surface area is 165 Å². The van der Waals surface area contributed by atoms with Crippen molar-refractivity contribution in [3.05, 3.63) is 39.9 Å². The molecule has 3 rings (SSSR count). The fourth-order valence-corrected chi connectivity index (χ4v) is 4.64. The summed E-state index contributed by atoms with van der Waals surface area (Å²) in [5.41, 5.74) is 1.77. The molecule has 0 bridgehead atoms. The first kappa shape index (κ1) is 19.1. The van der Waals surface area contributed by atoms with Gasteiger partial charge in [0.05, 0.1) is 11.0 Å². The molecule has 2 aromatic heterocycles. The van der Waals surface area contributed by atoms with E-state index >= 15 is 0 Å². The third kappa shape index (κ3) is 3.45. The monoisotopic (exact) mass is 452 g/mol. The van der Waals surface area contributed by atoms with Gasteiger partial charge in [-0.3, -0.25) is 4.57 Å². The lowest BCUT2D eigenvalue weighted by Gasteiger charge is -2.36. The molecule has 1 aromatic carbocycles. The van der Waals surface area contributed by atoms with Crippen LogP contribution in [0.5, 0.6) is 5.75 Å². The van der Waals surface area contributed by atoms with Crippen LogP contribution in [0.2, 0.25) is 18.1 Å². The smallest absolute Gasteiger partial charge is 0.349 e. The van der Waals surface area contributed by atoms with Crippen molar-refractivity contribution in [3.63, 3.8) is 0 Å². The second kappa shape index (κ2) is 6.51. The Morgan fingerprint density at radius 2 is 2.00 bits per heavy atom. The second-order valence-corrected chi connectivity index (χ2v) is 14.4. The van der Waals surface area contributed by atoms with E-state index in [4.69, 9.17) is 4.43 Å². The van der Waals surface area contributed by atoms with Crippen molar-refractivity contribution < 1.29 is 14.3 Å². The summed E-state index contributed by atoms with van der Waals surface area (Å²) in [6.45, 7) is 10.6. The van der Waals surface area contributed by atoms with E-state index in [1.54, 1.807) is 6.33 Å². The Balaban J connectivity index is 2.10. The highest BCUT2D eigenvalue weighted by Gasteiger charge is 2.40. The topological polar surface area (TPSA) is 64.4 Å². The summed E-state index contributed by atoms with van der Waals surface area (Å²) in [5.74, 6) is -0.526. The molecule has 0 saturated carbocycles. The lowest BCUT2D eigenvalue weighted by molar-refractivity contribution is 0.0700. The number of rotatable bonds is 4. The highest BCUT2D eigenvalue weighted by atomic mass is 79.9. The number of hydrogen-bond acceptors (Lipinski definition) is 4. The van der Waals surface area contributed by atoms with E-state index in [-0.39, 0.29) is 9.92 Å². The van der Waals surface area contributed by atoms with Crippen LogP contribution < -0.4 is 4.43 Å². The number of aromatic carboxylic acids is 1. The highest BCUT2D eigenvalue weighted by molar-refractivity contribution is 9.10. The van der Waals surface area contributed by atoms with Gasteiger partial charge in [0.2, 0.25) is 0 Å². The number of nitrogens with zero attached hydrogens (tertiary/aromatic N) is 2. The van der Waals surface area contributed by atoms with Crippen molar-refractivity contribution in [1.82, 2.24) is 9.55 Å². The summed E-state index contributed by atoms with van der Waals surface area (Å²) in [4.78, 5) is 16.4. The number of carbonyl (C=O) groups is 1. The molecule has 2 heterocycles. The molecule has 0 saturated heterocycles. The maximum absolute atomic E-state index is 11.8. The van der Waals surface area contributed by atoms with E-state index in [1.807, 2.05) is 28.8 Å². The van der Waals surface area contributed by atoms with Gasteiger partial charge in [0, 0.05) is 10.5 Å². The van der Waals surface area contributed by atoms with Crippen LogP contribution in [-0.4, -0.2) is 28.9 Å². The molecule has 0 fully saturated rings. The first-order valence-electron chi connectivity index (χ1n) is 8.19. The zero-order chi connectivity index (χ0) is 19.3. The molecule has 1 N–H and O–H groups in total. The predicted molar refractivity (Wildman–Crippen MR) is 111 cm³/mol. The predicted octanol–water partition coefficient (Wildman–Crippen LogP) is 5.93. The Hall–Kier alpha value is -1.64. The van der Waals surface area contributed by atoms with Gasteiger partial charge in [0.1, 0.15) is 17.1 Å². The summed E-state index contributed by atoms with van der Waals surface area (Å²) in [6, 6.07) is 7.64.